The summed E-state index contributed by atoms with van der Waals surface area (Å²) in [6.45, 7) is 2.36. The minimum absolute atomic E-state index is 0.101. The Hall–Kier alpha value is -3.80. The van der Waals surface area contributed by atoms with E-state index in [4.69, 9.17) is 4.98 Å². The molecular weight excluding hydrogens is 362 g/mol. The number of nitrogens with one attached hydrogen (secondary N) is 2. The molecule has 0 unspecified atom stereocenters. The molecule has 4 rings (SSSR count). The predicted octanol–water partition coefficient (Wildman–Crippen LogP) is 3.70. The number of nitrogens with zero attached hydrogens (tertiary/aromatic N) is 3. The second-order valence-electron chi connectivity index (χ2n) is 6.76. The minimum atomic E-state index is -0.101. The molecular formula is C23H21N5O. The second-order valence-corrected chi connectivity index (χ2v) is 6.76. The number of pyridine rings is 2. The van der Waals surface area contributed by atoms with Gasteiger partial charge in [0, 0.05) is 23.7 Å². The molecule has 29 heavy (non-hydrogen) atoms. The maximum Gasteiger partial charge on any atom is 0.226 e. The van der Waals surface area contributed by atoms with Crippen LogP contribution in [0.2, 0.25) is 0 Å². The third-order valence-electron chi connectivity index (χ3n) is 4.52. The van der Waals surface area contributed by atoms with Gasteiger partial charge < -0.3 is 10.3 Å². The van der Waals surface area contributed by atoms with E-state index in [9.17, 15) is 4.79 Å². The van der Waals surface area contributed by atoms with Crippen molar-refractivity contribution in [2.45, 2.75) is 19.9 Å². The molecule has 2 N–H and O–H groups in total. The van der Waals surface area contributed by atoms with Crippen molar-refractivity contribution >= 4 is 5.91 Å². The fraction of sp³-hybridized carbons (Fsp3) is 0.130. The van der Waals surface area contributed by atoms with Crippen LogP contribution in [0.25, 0.3) is 22.6 Å². The standard InChI is InChI=1S/C23H21N5O/c1-16-8-10-17(11-9-16)22-23(19-7-3-5-13-25-19)28-20(27-22)15-26-21(29)14-18-6-2-4-12-24-18/h2-13H,14-15H2,1H3,(H,26,29)(H,27,28). The van der Waals surface area contributed by atoms with E-state index >= 15 is 0 Å². The summed E-state index contributed by atoms with van der Waals surface area (Å²) in [7, 11) is 0. The number of aromatic amines is 1. The zero-order chi connectivity index (χ0) is 20.1. The number of amides is 1. The maximum absolute atomic E-state index is 12.2. The molecule has 0 radical (unpaired) electrons. The van der Waals surface area contributed by atoms with Gasteiger partial charge in [-0.05, 0) is 31.2 Å². The van der Waals surface area contributed by atoms with E-state index in [1.54, 1.807) is 12.4 Å². The van der Waals surface area contributed by atoms with Crippen molar-refractivity contribution in [3.8, 4) is 22.6 Å². The van der Waals surface area contributed by atoms with Crippen molar-refractivity contribution < 1.29 is 4.79 Å². The average molecular weight is 383 g/mol. The molecule has 3 heterocycles. The highest BCUT2D eigenvalue weighted by Gasteiger charge is 2.15. The normalized spacial score (nSPS) is 10.7. The maximum atomic E-state index is 12.2. The van der Waals surface area contributed by atoms with Crippen LogP contribution < -0.4 is 5.32 Å². The molecule has 0 saturated carbocycles. The highest BCUT2D eigenvalue weighted by atomic mass is 16.1. The van der Waals surface area contributed by atoms with Crippen molar-refractivity contribution in [1.29, 1.82) is 0 Å². The molecule has 1 aromatic carbocycles. The highest BCUT2D eigenvalue weighted by Crippen LogP contribution is 2.29. The van der Waals surface area contributed by atoms with Gasteiger partial charge in [0.15, 0.2) is 0 Å². The first-order chi connectivity index (χ1) is 14.2. The van der Waals surface area contributed by atoms with Crippen LogP contribution in [-0.4, -0.2) is 25.8 Å². The number of hydrogen-bond donors (Lipinski definition) is 2. The number of carbonyl (C=O) groups is 1. The zero-order valence-electron chi connectivity index (χ0n) is 16.1. The first-order valence-corrected chi connectivity index (χ1v) is 9.43. The fourth-order valence-corrected chi connectivity index (χ4v) is 3.03. The summed E-state index contributed by atoms with van der Waals surface area (Å²) in [6.07, 6.45) is 3.67. The number of aromatic nitrogens is 4. The van der Waals surface area contributed by atoms with E-state index in [0.717, 1.165) is 28.3 Å². The van der Waals surface area contributed by atoms with Gasteiger partial charge in [-0.2, -0.15) is 0 Å². The Balaban J connectivity index is 1.56. The molecule has 0 bridgehead atoms. The van der Waals surface area contributed by atoms with E-state index in [1.807, 2.05) is 48.5 Å². The van der Waals surface area contributed by atoms with Crippen molar-refractivity contribution in [2.24, 2.45) is 0 Å². The predicted molar refractivity (Wildman–Crippen MR) is 112 cm³/mol. The lowest BCUT2D eigenvalue weighted by molar-refractivity contribution is -0.120. The van der Waals surface area contributed by atoms with Gasteiger partial charge in [-0.1, -0.05) is 42.0 Å². The van der Waals surface area contributed by atoms with Crippen LogP contribution >= 0.6 is 0 Å². The van der Waals surface area contributed by atoms with Crippen molar-refractivity contribution in [1.82, 2.24) is 25.3 Å². The van der Waals surface area contributed by atoms with Crippen LogP contribution in [0.3, 0.4) is 0 Å². The molecule has 0 atom stereocenters. The van der Waals surface area contributed by atoms with Gasteiger partial charge in [-0.15, -0.1) is 0 Å². The molecule has 0 saturated heterocycles. The van der Waals surface area contributed by atoms with Crippen LogP contribution in [-0.2, 0) is 17.8 Å². The molecule has 0 aliphatic rings. The minimum Gasteiger partial charge on any atom is -0.349 e. The topological polar surface area (TPSA) is 83.6 Å². The molecule has 144 valence electrons. The molecule has 6 heteroatoms. The molecule has 1 amide bonds. The molecule has 6 nitrogen and oxygen atoms in total. The van der Waals surface area contributed by atoms with Crippen LogP contribution in [0.5, 0.6) is 0 Å². The first kappa shape index (κ1) is 18.6. The van der Waals surface area contributed by atoms with Crippen molar-refractivity contribution in [3.05, 3.63) is 90.1 Å². The number of H-pyrrole nitrogens is 1. The van der Waals surface area contributed by atoms with E-state index in [-0.39, 0.29) is 12.3 Å². The molecule has 3 aromatic heterocycles. The Kier molecular flexibility index (Phi) is 5.42. The van der Waals surface area contributed by atoms with Gasteiger partial charge in [-0.3, -0.25) is 14.8 Å². The number of hydrogen-bond acceptors (Lipinski definition) is 4. The summed E-state index contributed by atoms with van der Waals surface area (Å²) in [6, 6.07) is 19.5. The Morgan fingerprint density at radius 3 is 2.41 bits per heavy atom. The quantitative estimate of drug-likeness (QED) is 0.532. The number of rotatable bonds is 6. The van der Waals surface area contributed by atoms with Gasteiger partial charge in [0.25, 0.3) is 0 Å². The molecule has 0 fully saturated rings. The monoisotopic (exact) mass is 383 g/mol. The summed E-state index contributed by atoms with van der Waals surface area (Å²) in [5.41, 5.74) is 5.38. The first-order valence-electron chi connectivity index (χ1n) is 9.43. The van der Waals surface area contributed by atoms with E-state index in [0.29, 0.717) is 12.4 Å². The number of imidazole rings is 1. The summed E-state index contributed by atoms with van der Waals surface area (Å²) in [5, 5.41) is 2.91. The summed E-state index contributed by atoms with van der Waals surface area (Å²) in [4.78, 5) is 29.0. The van der Waals surface area contributed by atoms with Crippen LogP contribution in [0.1, 0.15) is 17.1 Å². The van der Waals surface area contributed by atoms with Gasteiger partial charge in [-0.25, -0.2) is 4.98 Å². The Morgan fingerprint density at radius 2 is 1.72 bits per heavy atom. The number of aryl methyl sites for hydroxylation is 1. The lowest BCUT2D eigenvalue weighted by Gasteiger charge is -2.03. The average Bonchev–Trinajstić information content (AvgIpc) is 3.18. The third kappa shape index (κ3) is 4.55. The third-order valence-corrected chi connectivity index (χ3v) is 4.52. The van der Waals surface area contributed by atoms with Crippen molar-refractivity contribution in [2.75, 3.05) is 0 Å². The van der Waals surface area contributed by atoms with E-state index < -0.39 is 0 Å². The highest BCUT2D eigenvalue weighted by molar-refractivity contribution is 5.79. The van der Waals surface area contributed by atoms with E-state index in [1.165, 1.54) is 5.56 Å². The molecule has 4 aromatic rings. The molecule has 0 aliphatic carbocycles. The van der Waals surface area contributed by atoms with Gasteiger partial charge in [0.05, 0.1) is 30.0 Å². The SMILES string of the molecule is Cc1ccc(-c2nc(CNC(=O)Cc3ccccn3)[nH]c2-c2ccccn2)cc1. The van der Waals surface area contributed by atoms with Crippen LogP contribution in [0, 0.1) is 6.92 Å². The Labute approximate surface area is 169 Å². The second kappa shape index (κ2) is 8.48. The number of benzene rings is 1. The largest absolute Gasteiger partial charge is 0.349 e. The fourth-order valence-electron chi connectivity index (χ4n) is 3.03. The van der Waals surface area contributed by atoms with Gasteiger partial charge >= 0.3 is 0 Å². The lowest BCUT2D eigenvalue weighted by Crippen LogP contribution is -2.25. The Morgan fingerprint density at radius 1 is 0.966 bits per heavy atom. The van der Waals surface area contributed by atoms with Crippen LogP contribution in [0.4, 0.5) is 0 Å². The summed E-state index contributed by atoms with van der Waals surface area (Å²) in [5.74, 6) is 0.576. The molecule has 0 aliphatic heterocycles. The van der Waals surface area contributed by atoms with Crippen molar-refractivity contribution in [3.63, 3.8) is 0 Å². The van der Waals surface area contributed by atoms with E-state index in [2.05, 4.69) is 39.3 Å². The smallest absolute Gasteiger partial charge is 0.226 e. The Bertz CT molecular complexity index is 1090. The number of carbonyl (C=O) groups excluding carboxylic acids is 1. The molecule has 0 spiro atoms. The summed E-state index contributed by atoms with van der Waals surface area (Å²) < 4.78 is 0. The van der Waals surface area contributed by atoms with Gasteiger partial charge in [0.1, 0.15) is 5.82 Å². The summed E-state index contributed by atoms with van der Waals surface area (Å²) >= 11 is 0. The van der Waals surface area contributed by atoms with Crippen LogP contribution in [0.15, 0.2) is 73.1 Å². The zero-order valence-corrected chi connectivity index (χ0v) is 16.1. The lowest BCUT2D eigenvalue weighted by atomic mass is 10.1. The van der Waals surface area contributed by atoms with Gasteiger partial charge in [0.2, 0.25) is 5.91 Å².